The van der Waals surface area contributed by atoms with Crippen molar-refractivity contribution >= 4 is 17.7 Å². The molecule has 1 aromatic rings. The van der Waals surface area contributed by atoms with Gasteiger partial charge in [0.2, 0.25) is 5.91 Å². The number of hydrogen-bond acceptors (Lipinski definition) is 5. The number of Topliss-reactive ketones (excluding diaryl/α,β-unsaturated/α-hetero) is 1. The number of hydrogen-bond donors (Lipinski definition) is 1. The SMILES string of the molecule is CC(=O)O[C@H]1CC[C@]2(C)[C@H]3CC[C@@H]4C5=C(C(C)C)C(=O)C[C@]5(C(=O)NCc5cccnc5)CC[C@@]4(C)[C@]3(C)CC[C@H]2C1(C)C. The van der Waals surface area contributed by atoms with Gasteiger partial charge in [-0.3, -0.25) is 19.4 Å². The summed E-state index contributed by atoms with van der Waals surface area (Å²) in [4.78, 5) is 44.4. The molecular weight excluding hydrogens is 548 g/mol. The first-order valence-electron chi connectivity index (χ1n) is 17.2. The van der Waals surface area contributed by atoms with Crippen molar-refractivity contribution in [1.29, 1.82) is 0 Å². The highest BCUT2D eigenvalue weighted by Gasteiger charge is 2.71. The third-order valence-corrected chi connectivity index (χ3v) is 14.3. The Hall–Kier alpha value is -2.50. The monoisotopic (exact) mass is 602 g/mol. The lowest BCUT2D eigenvalue weighted by Gasteiger charge is -2.72. The number of esters is 1. The van der Waals surface area contributed by atoms with Crippen molar-refractivity contribution in [2.75, 3.05) is 0 Å². The van der Waals surface area contributed by atoms with E-state index < -0.39 is 5.41 Å². The van der Waals surface area contributed by atoms with Crippen LogP contribution in [0.1, 0.15) is 119 Å². The lowest BCUT2D eigenvalue weighted by Crippen LogP contribution is -2.66. The molecule has 1 heterocycles. The summed E-state index contributed by atoms with van der Waals surface area (Å²) >= 11 is 0. The summed E-state index contributed by atoms with van der Waals surface area (Å²) in [6, 6.07) is 3.88. The van der Waals surface area contributed by atoms with Crippen molar-refractivity contribution in [3.8, 4) is 0 Å². The fourth-order valence-electron chi connectivity index (χ4n) is 12.1. The van der Waals surface area contributed by atoms with E-state index in [0.717, 1.165) is 62.5 Å². The van der Waals surface area contributed by atoms with Crippen LogP contribution in [0.4, 0.5) is 0 Å². The molecule has 0 unspecified atom stereocenters. The van der Waals surface area contributed by atoms with Gasteiger partial charge in [-0.1, -0.05) is 54.5 Å². The van der Waals surface area contributed by atoms with Crippen molar-refractivity contribution < 1.29 is 19.1 Å². The Morgan fingerprint density at radius 1 is 0.977 bits per heavy atom. The van der Waals surface area contributed by atoms with Crippen LogP contribution in [-0.2, 0) is 25.7 Å². The summed E-state index contributed by atoms with van der Waals surface area (Å²) in [6.07, 6.45) is 11.9. The van der Waals surface area contributed by atoms with Crippen LogP contribution in [0.2, 0.25) is 0 Å². The van der Waals surface area contributed by atoms with E-state index in [2.05, 4.69) is 58.8 Å². The van der Waals surface area contributed by atoms with Crippen molar-refractivity contribution in [2.45, 2.75) is 126 Å². The lowest BCUT2D eigenvalue weighted by atomic mass is 9.33. The molecule has 44 heavy (non-hydrogen) atoms. The second kappa shape index (κ2) is 10.5. The van der Waals surface area contributed by atoms with Crippen LogP contribution < -0.4 is 5.32 Å². The maximum Gasteiger partial charge on any atom is 0.302 e. The molecule has 240 valence electrons. The van der Waals surface area contributed by atoms with Gasteiger partial charge in [0.25, 0.3) is 0 Å². The normalized spacial score (nSPS) is 40.9. The van der Waals surface area contributed by atoms with E-state index in [4.69, 9.17) is 4.74 Å². The molecule has 0 aliphatic heterocycles. The highest BCUT2D eigenvalue weighted by molar-refractivity contribution is 6.06. The van der Waals surface area contributed by atoms with Gasteiger partial charge in [0.15, 0.2) is 5.78 Å². The summed E-state index contributed by atoms with van der Waals surface area (Å²) < 4.78 is 5.92. The Morgan fingerprint density at radius 3 is 2.39 bits per heavy atom. The first kappa shape index (κ1) is 31.5. The molecule has 5 aliphatic carbocycles. The maximum atomic E-state index is 14.3. The first-order chi connectivity index (χ1) is 20.6. The van der Waals surface area contributed by atoms with Gasteiger partial charge in [0, 0.05) is 37.7 Å². The second-order valence-electron chi connectivity index (χ2n) is 16.8. The smallest absolute Gasteiger partial charge is 0.302 e. The van der Waals surface area contributed by atoms with Crippen molar-refractivity contribution in [2.24, 2.45) is 50.7 Å². The Labute approximate surface area is 264 Å². The molecule has 1 amide bonds. The van der Waals surface area contributed by atoms with Gasteiger partial charge in [-0.05, 0) is 114 Å². The number of pyridine rings is 1. The molecule has 4 saturated carbocycles. The van der Waals surface area contributed by atoms with Crippen LogP contribution in [-0.4, -0.2) is 28.7 Å². The summed E-state index contributed by atoms with van der Waals surface area (Å²) in [5.74, 6) is 1.42. The van der Waals surface area contributed by atoms with Crippen LogP contribution in [0, 0.1) is 50.7 Å². The standard InChI is InChI=1S/C38H54N2O4/c1-23(2)31-27(42)20-38(33(43)40-22-25-10-9-19-39-21-25)18-17-36(7)26(32(31)38)11-12-29-35(6)15-14-30(44-24(3)41)34(4,5)28(35)13-16-37(29,36)8/h9-10,19,21,23,26,28-30H,11-18,20,22H2,1-8H3,(H,40,43)/t26-,28+,29-,30+,35+,36-,37-,38-/m1/s1. The molecule has 1 aromatic heterocycles. The maximum absolute atomic E-state index is 14.3. The highest BCUT2D eigenvalue weighted by Crippen LogP contribution is 2.76. The molecular formula is C38H54N2O4. The number of fused-ring (bicyclic) bond motifs is 7. The minimum atomic E-state index is -0.739. The van der Waals surface area contributed by atoms with E-state index in [1.54, 1.807) is 19.3 Å². The van der Waals surface area contributed by atoms with Crippen LogP contribution in [0.5, 0.6) is 0 Å². The van der Waals surface area contributed by atoms with Gasteiger partial charge in [0.05, 0.1) is 5.41 Å². The fraction of sp³-hybridized carbons (Fsp3) is 0.737. The van der Waals surface area contributed by atoms with Crippen LogP contribution in [0.3, 0.4) is 0 Å². The first-order valence-corrected chi connectivity index (χ1v) is 17.2. The van der Waals surface area contributed by atoms with E-state index in [1.165, 1.54) is 5.57 Å². The average molecular weight is 603 g/mol. The zero-order valence-corrected chi connectivity index (χ0v) is 28.3. The van der Waals surface area contributed by atoms with Crippen molar-refractivity contribution in [3.63, 3.8) is 0 Å². The average Bonchev–Trinajstić information content (AvgIpc) is 3.27. The zero-order chi connectivity index (χ0) is 31.9. The summed E-state index contributed by atoms with van der Waals surface area (Å²) in [7, 11) is 0. The van der Waals surface area contributed by atoms with Gasteiger partial charge in [0.1, 0.15) is 6.10 Å². The van der Waals surface area contributed by atoms with Crippen molar-refractivity contribution in [3.05, 3.63) is 41.2 Å². The number of ketones is 1. The predicted molar refractivity (Wildman–Crippen MR) is 171 cm³/mol. The van der Waals surface area contributed by atoms with Crippen molar-refractivity contribution in [1.82, 2.24) is 10.3 Å². The number of nitrogens with one attached hydrogen (secondary N) is 1. The van der Waals surface area contributed by atoms with E-state index in [-0.39, 0.29) is 57.3 Å². The van der Waals surface area contributed by atoms with Gasteiger partial charge < -0.3 is 10.1 Å². The number of allylic oxidation sites excluding steroid dienone is 1. The number of aromatic nitrogens is 1. The second-order valence-corrected chi connectivity index (χ2v) is 16.8. The molecule has 5 aliphatic rings. The van der Waals surface area contributed by atoms with Crippen LogP contribution >= 0.6 is 0 Å². The third kappa shape index (κ3) is 4.31. The number of amides is 1. The molecule has 0 bridgehead atoms. The van der Waals surface area contributed by atoms with Gasteiger partial charge in [-0.15, -0.1) is 0 Å². The molecule has 0 saturated heterocycles. The fourth-order valence-corrected chi connectivity index (χ4v) is 12.1. The highest BCUT2D eigenvalue weighted by atomic mass is 16.5. The quantitative estimate of drug-likeness (QED) is 0.351. The minimum absolute atomic E-state index is 0.00793. The third-order valence-electron chi connectivity index (χ3n) is 14.3. The Morgan fingerprint density at radius 2 is 1.73 bits per heavy atom. The van der Waals surface area contributed by atoms with Gasteiger partial charge in [-0.25, -0.2) is 0 Å². The van der Waals surface area contributed by atoms with Crippen LogP contribution in [0.25, 0.3) is 0 Å². The topological polar surface area (TPSA) is 85.4 Å². The molecule has 0 aromatic carbocycles. The summed E-state index contributed by atoms with van der Waals surface area (Å²) in [5.41, 5.74) is 2.58. The number of carbonyl (C=O) groups is 3. The van der Waals surface area contributed by atoms with Crippen LogP contribution in [0.15, 0.2) is 35.7 Å². The molecule has 0 spiro atoms. The summed E-state index contributed by atoms with van der Waals surface area (Å²) in [5, 5.41) is 3.25. The van der Waals surface area contributed by atoms with E-state index in [0.29, 0.717) is 24.8 Å². The summed E-state index contributed by atoms with van der Waals surface area (Å²) in [6.45, 7) is 18.6. The Bertz CT molecular complexity index is 1380. The minimum Gasteiger partial charge on any atom is -0.462 e. The molecule has 6 nitrogen and oxygen atoms in total. The molecule has 0 radical (unpaired) electrons. The molecule has 1 N–H and O–H groups in total. The van der Waals surface area contributed by atoms with E-state index >= 15 is 0 Å². The number of carbonyl (C=O) groups excluding carboxylic acids is 3. The molecule has 6 heteroatoms. The van der Waals surface area contributed by atoms with Gasteiger partial charge >= 0.3 is 5.97 Å². The van der Waals surface area contributed by atoms with E-state index in [1.807, 2.05) is 12.1 Å². The number of ether oxygens (including phenoxy) is 1. The molecule has 4 fully saturated rings. The Balaban J connectivity index is 1.36. The Kier molecular flexibility index (Phi) is 7.53. The molecule has 6 rings (SSSR count). The number of nitrogens with zero attached hydrogens (tertiary/aromatic N) is 1. The number of rotatable bonds is 5. The predicted octanol–water partition coefficient (Wildman–Crippen LogP) is 7.61. The zero-order valence-electron chi connectivity index (χ0n) is 28.3. The molecule has 8 atom stereocenters. The van der Waals surface area contributed by atoms with Gasteiger partial charge in [-0.2, -0.15) is 0 Å². The van der Waals surface area contributed by atoms with E-state index in [9.17, 15) is 14.4 Å². The largest absolute Gasteiger partial charge is 0.462 e. The lowest BCUT2D eigenvalue weighted by molar-refractivity contribution is -0.232.